The normalized spacial score (nSPS) is 29.9. The van der Waals surface area contributed by atoms with Crippen LogP contribution in [0.2, 0.25) is 5.02 Å². The number of carbonyl (C=O) groups is 3. The van der Waals surface area contributed by atoms with Gasteiger partial charge in [-0.25, -0.2) is 0 Å². The van der Waals surface area contributed by atoms with E-state index >= 15 is 0 Å². The lowest BCUT2D eigenvalue weighted by Gasteiger charge is -2.40. The molecule has 0 aromatic heterocycles. The maximum absolute atomic E-state index is 14.6. The van der Waals surface area contributed by atoms with Gasteiger partial charge in [0.2, 0.25) is 11.8 Å². The van der Waals surface area contributed by atoms with E-state index in [9.17, 15) is 19.5 Å². The average Bonchev–Trinajstić information content (AvgIpc) is 3.49. The lowest BCUT2D eigenvalue weighted by atomic mass is 9.70. The number of benzene rings is 1. The number of halogens is 2. The van der Waals surface area contributed by atoms with Crippen LogP contribution in [-0.2, 0) is 19.1 Å². The fourth-order valence-electron chi connectivity index (χ4n) is 6.63. The molecule has 1 spiro atoms. The van der Waals surface area contributed by atoms with Crippen LogP contribution in [0.1, 0.15) is 26.7 Å². The molecule has 3 fully saturated rings. The van der Waals surface area contributed by atoms with Crippen LogP contribution in [0.4, 0.5) is 5.69 Å². The van der Waals surface area contributed by atoms with Crippen molar-refractivity contribution in [3.05, 3.63) is 54.6 Å². The molecule has 0 saturated carbocycles. The van der Waals surface area contributed by atoms with Crippen LogP contribution in [0, 0.1) is 17.8 Å². The first-order valence-electron chi connectivity index (χ1n) is 13.3. The number of aliphatic hydroxyl groups excluding tert-OH is 1. The van der Waals surface area contributed by atoms with E-state index in [4.69, 9.17) is 16.3 Å². The maximum Gasteiger partial charge on any atom is 0.253 e. The Labute approximate surface area is 243 Å². The van der Waals surface area contributed by atoms with Crippen LogP contribution in [0.5, 0.6) is 0 Å². The molecule has 1 aromatic rings. The molecule has 4 rings (SSSR count). The van der Waals surface area contributed by atoms with Gasteiger partial charge in [-0.3, -0.25) is 14.4 Å². The second kappa shape index (κ2) is 11.7. The van der Waals surface area contributed by atoms with Crippen molar-refractivity contribution in [3.63, 3.8) is 0 Å². The Morgan fingerprint density at radius 1 is 1.26 bits per heavy atom. The Morgan fingerprint density at radius 2 is 1.92 bits per heavy atom. The molecule has 1 aromatic carbocycles. The van der Waals surface area contributed by atoms with E-state index in [1.165, 1.54) is 14.7 Å². The smallest absolute Gasteiger partial charge is 0.253 e. The van der Waals surface area contributed by atoms with E-state index in [2.05, 4.69) is 29.1 Å². The quantitative estimate of drug-likeness (QED) is 0.301. The second-order valence-corrected chi connectivity index (χ2v) is 12.7. The number of carbonyl (C=O) groups excluding carboxylic acids is 3. The molecule has 10 heteroatoms. The number of anilines is 1. The highest BCUT2D eigenvalue weighted by Crippen LogP contribution is 2.61. The molecule has 2 bridgehead atoms. The van der Waals surface area contributed by atoms with Crippen LogP contribution in [0.3, 0.4) is 0 Å². The number of amides is 3. The Kier molecular flexibility index (Phi) is 8.95. The standard InChI is InChI=1S/C29H37BrClN3O5/c1-6-12-32(5)26(36)22-23-27(37)34(18(16-35)14-17(3)4)25(29(23)15-19(30)24(22)39-29)28(38)33(13-7-2)21-11-9-8-10-20(21)31/h6-11,17-19,22-25,35H,1-2,12-16H2,3-5H3/t18-,19?,22-,23+,24-,25?,29?/m1/s1. The van der Waals surface area contributed by atoms with Gasteiger partial charge in [0.15, 0.2) is 0 Å². The van der Waals surface area contributed by atoms with Crippen molar-refractivity contribution in [2.75, 3.05) is 31.6 Å². The molecule has 39 heavy (non-hydrogen) atoms. The Balaban J connectivity index is 1.87. The molecule has 3 unspecified atom stereocenters. The summed E-state index contributed by atoms with van der Waals surface area (Å²) in [6, 6.07) is 5.32. The highest BCUT2D eigenvalue weighted by Gasteiger charge is 2.77. The van der Waals surface area contributed by atoms with Crippen LogP contribution >= 0.6 is 27.5 Å². The summed E-state index contributed by atoms with van der Waals surface area (Å²) in [4.78, 5) is 47.0. The first-order valence-corrected chi connectivity index (χ1v) is 14.6. The molecule has 3 aliphatic heterocycles. The van der Waals surface area contributed by atoms with Gasteiger partial charge in [0.1, 0.15) is 11.6 Å². The molecule has 0 radical (unpaired) electrons. The Bertz CT molecular complexity index is 1150. The van der Waals surface area contributed by atoms with E-state index in [0.29, 0.717) is 30.1 Å². The maximum atomic E-state index is 14.6. The number of fused-ring (bicyclic) bond motifs is 1. The van der Waals surface area contributed by atoms with E-state index < -0.39 is 35.6 Å². The van der Waals surface area contributed by atoms with Gasteiger partial charge >= 0.3 is 0 Å². The summed E-state index contributed by atoms with van der Waals surface area (Å²) in [5.41, 5.74) is -0.755. The molecule has 212 valence electrons. The minimum atomic E-state index is -1.24. The van der Waals surface area contributed by atoms with Gasteiger partial charge in [0, 0.05) is 25.0 Å². The zero-order chi connectivity index (χ0) is 28.6. The minimum absolute atomic E-state index is 0.147. The molecule has 1 N–H and O–H groups in total. The van der Waals surface area contributed by atoms with Crippen LogP contribution in [0.25, 0.3) is 0 Å². The summed E-state index contributed by atoms with van der Waals surface area (Å²) in [7, 11) is 1.67. The molecule has 8 nitrogen and oxygen atoms in total. The summed E-state index contributed by atoms with van der Waals surface area (Å²) in [5.74, 6) is -2.42. The number of likely N-dealkylation sites (N-methyl/N-ethyl adjacent to an activating group) is 1. The van der Waals surface area contributed by atoms with Gasteiger partial charge in [-0.05, 0) is 30.9 Å². The Morgan fingerprint density at radius 3 is 2.51 bits per heavy atom. The SMILES string of the molecule is C=CCN(C)C(=O)[C@H]1[C@@H]2OC3(CC2Br)C(C(=O)N(CC=C)c2ccccc2Cl)N([C@@H](CO)CC(C)C)C(=O)[C@H]13. The number of nitrogens with zero attached hydrogens (tertiary/aromatic N) is 3. The van der Waals surface area contributed by atoms with E-state index in [1.54, 1.807) is 43.5 Å². The predicted octanol–water partition coefficient (Wildman–Crippen LogP) is 3.66. The third-order valence-electron chi connectivity index (χ3n) is 8.09. The second-order valence-electron chi connectivity index (χ2n) is 11.1. The fraction of sp³-hybridized carbons (Fsp3) is 0.552. The largest absolute Gasteiger partial charge is 0.394 e. The third-order valence-corrected chi connectivity index (χ3v) is 9.26. The highest BCUT2D eigenvalue weighted by atomic mass is 79.9. The summed E-state index contributed by atoms with van der Waals surface area (Å²) in [6.45, 7) is 11.7. The van der Waals surface area contributed by atoms with Gasteiger partial charge < -0.3 is 24.5 Å². The molecular formula is C29H37BrClN3O5. The van der Waals surface area contributed by atoms with Crippen LogP contribution in [0.15, 0.2) is 49.6 Å². The number of para-hydroxylation sites is 1. The Hall–Kier alpha value is -2.20. The zero-order valence-corrected chi connectivity index (χ0v) is 25.0. The molecule has 3 heterocycles. The summed E-state index contributed by atoms with van der Waals surface area (Å²) < 4.78 is 6.62. The number of hydrogen-bond acceptors (Lipinski definition) is 5. The van der Waals surface area contributed by atoms with Crippen molar-refractivity contribution >= 4 is 50.9 Å². The molecule has 7 atom stereocenters. The number of alkyl halides is 1. The van der Waals surface area contributed by atoms with Crippen LogP contribution in [-0.4, -0.2) is 88.0 Å². The first-order chi connectivity index (χ1) is 18.5. The van der Waals surface area contributed by atoms with E-state index in [-0.39, 0.29) is 41.6 Å². The summed E-state index contributed by atoms with van der Waals surface area (Å²) in [5, 5.41) is 10.9. The fourth-order valence-corrected chi connectivity index (χ4v) is 7.82. The predicted molar refractivity (Wildman–Crippen MR) is 155 cm³/mol. The van der Waals surface area contributed by atoms with Gasteiger partial charge in [0.05, 0.1) is 41.3 Å². The monoisotopic (exact) mass is 621 g/mol. The molecular weight excluding hydrogens is 586 g/mol. The lowest BCUT2D eigenvalue weighted by molar-refractivity contribution is -0.147. The van der Waals surface area contributed by atoms with Crippen molar-refractivity contribution in [1.29, 1.82) is 0 Å². The molecule has 3 saturated heterocycles. The van der Waals surface area contributed by atoms with Crippen molar-refractivity contribution in [3.8, 4) is 0 Å². The number of aliphatic hydroxyl groups is 1. The number of hydrogen-bond donors (Lipinski definition) is 1. The minimum Gasteiger partial charge on any atom is -0.394 e. The van der Waals surface area contributed by atoms with Gasteiger partial charge in [-0.2, -0.15) is 0 Å². The number of likely N-dealkylation sites (tertiary alicyclic amines) is 1. The van der Waals surface area contributed by atoms with Crippen molar-refractivity contribution in [2.45, 2.75) is 55.3 Å². The van der Waals surface area contributed by atoms with E-state index in [0.717, 1.165) is 0 Å². The first kappa shape index (κ1) is 29.8. The average molecular weight is 623 g/mol. The van der Waals surface area contributed by atoms with Crippen molar-refractivity contribution < 1.29 is 24.2 Å². The third kappa shape index (κ3) is 4.96. The van der Waals surface area contributed by atoms with Gasteiger partial charge in [0.25, 0.3) is 5.91 Å². The van der Waals surface area contributed by atoms with Gasteiger partial charge in [-0.1, -0.05) is 65.7 Å². The summed E-state index contributed by atoms with van der Waals surface area (Å²) in [6.07, 6.45) is 3.52. The zero-order valence-electron chi connectivity index (χ0n) is 22.6. The number of ether oxygens (including phenoxy) is 1. The van der Waals surface area contributed by atoms with Crippen LogP contribution < -0.4 is 4.90 Å². The highest BCUT2D eigenvalue weighted by molar-refractivity contribution is 9.09. The summed E-state index contributed by atoms with van der Waals surface area (Å²) >= 11 is 10.2. The number of rotatable bonds is 11. The van der Waals surface area contributed by atoms with Gasteiger partial charge in [-0.15, -0.1) is 13.2 Å². The molecule has 3 amide bonds. The van der Waals surface area contributed by atoms with Crippen molar-refractivity contribution in [2.24, 2.45) is 17.8 Å². The molecule has 3 aliphatic rings. The molecule has 0 aliphatic carbocycles. The van der Waals surface area contributed by atoms with Crippen molar-refractivity contribution in [1.82, 2.24) is 9.80 Å². The lowest BCUT2D eigenvalue weighted by Crippen LogP contribution is -2.59. The topological polar surface area (TPSA) is 90.4 Å². The van der Waals surface area contributed by atoms with E-state index in [1.807, 2.05) is 13.8 Å².